The Morgan fingerprint density at radius 2 is 2.05 bits per heavy atom. The third-order valence-electron chi connectivity index (χ3n) is 2.80. The molecule has 4 heteroatoms. The maximum Gasteiger partial charge on any atom is 0.221 e. The Hall–Kier alpha value is -1.55. The van der Waals surface area contributed by atoms with E-state index in [-0.39, 0.29) is 5.91 Å². The lowest BCUT2D eigenvalue weighted by Crippen LogP contribution is -2.28. The second-order valence-electron chi connectivity index (χ2n) is 4.77. The standard InChI is InChI=1S/C16H26N2O2/c1-3-9-18-16(19)8-10-17-13-14-6-5-7-15(12-14)20-11-4-2/h5-7,12,17H,3-4,8-11,13H2,1-2H3,(H,18,19). The summed E-state index contributed by atoms with van der Waals surface area (Å²) < 4.78 is 5.59. The predicted octanol–water partition coefficient (Wildman–Crippen LogP) is 2.48. The fraction of sp³-hybridized carbons (Fsp3) is 0.562. The second-order valence-corrected chi connectivity index (χ2v) is 4.77. The van der Waals surface area contributed by atoms with Crippen LogP contribution < -0.4 is 15.4 Å². The van der Waals surface area contributed by atoms with Crippen LogP contribution in [0.15, 0.2) is 24.3 Å². The third-order valence-corrected chi connectivity index (χ3v) is 2.80. The molecule has 1 aromatic carbocycles. The molecule has 1 aromatic rings. The van der Waals surface area contributed by atoms with E-state index in [0.29, 0.717) is 13.0 Å². The molecule has 0 fully saturated rings. The zero-order valence-electron chi connectivity index (χ0n) is 12.6. The van der Waals surface area contributed by atoms with Crippen LogP contribution in [0.3, 0.4) is 0 Å². The monoisotopic (exact) mass is 278 g/mol. The van der Waals surface area contributed by atoms with Gasteiger partial charge in [-0.25, -0.2) is 0 Å². The van der Waals surface area contributed by atoms with E-state index in [4.69, 9.17) is 4.74 Å². The maximum atomic E-state index is 11.4. The van der Waals surface area contributed by atoms with Crippen LogP contribution in [0.1, 0.15) is 38.7 Å². The van der Waals surface area contributed by atoms with Gasteiger partial charge in [-0.2, -0.15) is 0 Å². The number of ether oxygens (including phenoxy) is 1. The predicted molar refractivity (Wildman–Crippen MR) is 81.9 cm³/mol. The first-order valence-electron chi connectivity index (χ1n) is 7.45. The summed E-state index contributed by atoms with van der Waals surface area (Å²) in [6.07, 6.45) is 2.51. The number of nitrogens with one attached hydrogen (secondary N) is 2. The SMILES string of the molecule is CCCNC(=O)CCNCc1cccc(OCCC)c1. The minimum Gasteiger partial charge on any atom is -0.494 e. The summed E-state index contributed by atoms with van der Waals surface area (Å²) in [4.78, 5) is 11.4. The molecule has 20 heavy (non-hydrogen) atoms. The van der Waals surface area contributed by atoms with Gasteiger partial charge in [-0.1, -0.05) is 26.0 Å². The van der Waals surface area contributed by atoms with Gasteiger partial charge < -0.3 is 15.4 Å². The topological polar surface area (TPSA) is 50.4 Å². The molecule has 1 rings (SSSR count). The number of carbonyl (C=O) groups excluding carboxylic acids is 1. The molecule has 0 atom stereocenters. The van der Waals surface area contributed by atoms with E-state index in [1.165, 1.54) is 5.56 Å². The molecule has 112 valence electrons. The van der Waals surface area contributed by atoms with Gasteiger partial charge in [-0.3, -0.25) is 4.79 Å². The molecule has 0 aliphatic rings. The quantitative estimate of drug-likeness (QED) is 0.646. The lowest BCUT2D eigenvalue weighted by Gasteiger charge is -2.08. The Labute approximate surface area is 121 Å². The van der Waals surface area contributed by atoms with Crippen LogP contribution in [0, 0.1) is 0 Å². The minimum absolute atomic E-state index is 0.111. The van der Waals surface area contributed by atoms with Crippen LogP contribution in [0.4, 0.5) is 0 Å². The second kappa shape index (κ2) is 10.3. The maximum absolute atomic E-state index is 11.4. The van der Waals surface area contributed by atoms with Crippen molar-refractivity contribution in [2.75, 3.05) is 19.7 Å². The van der Waals surface area contributed by atoms with E-state index in [9.17, 15) is 4.79 Å². The number of hydrogen-bond donors (Lipinski definition) is 2. The Morgan fingerprint density at radius 3 is 2.80 bits per heavy atom. The summed E-state index contributed by atoms with van der Waals surface area (Å²) in [5.74, 6) is 1.02. The molecular weight excluding hydrogens is 252 g/mol. The van der Waals surface area contributed by atoms with Crippen molar-refractivity contribution >= 4 is 5.91 Å². The number of hydrogen-bond acceptors (Lipinski definition) is 3. The zero-order valence-corrected chi connectivity index (χ0v) is 12.6. The number of rotatable bonds is 10. The molecule has 1 amide bonds. The van der Waals surface area contributed by atoms with Gasteiger partial charge in [0, 0.05) is 26.1 Å². The first kappa shape index (κ1) is 16.5. The van der Waals surface area contributed by atoms with Crippen molar-refractivity contribution in [2.45, 2.75) is 39.7 Å². The van der Waals surface area contributed by atoms with Crippen molar-refractivity contribution in [3.8, 4) is 5.75 Å². The molecular formula is C16H26N2O2. The average Bonchev–Trinajstić information content (AvgIpc) is 2.48. The third kappa shape index (κ3) is 7.14. The summed E-state index contributed by atoms with van der Waals surface area (Å²) in [6, 6.07) is 8.07. The molecule has 0 aliphatic carbocycles. The Morgan fingerprint density at radius 1 is 1.20 bits per heavy atom. The lowest BCUT2D eigenvalue weighted by molar-refractivity contribution is -0.120. The highest BCUT2D eigenvalue weighted by Crippen LogP contribution is 2.13. The van der Waals surface area contributed by atoms with Crippen LogP contribution >= 0.6 is 0 Å². The van der Waals surface area contributed by atoms with E-state index < -0.39 is 0 Å². The van der Waals surface area contributed by atoms with E-state index >= 15 is 0 Å². The summed E-state index contributed by atoms with van der Waals surface area (Å²) in [5, 5.41) is 6.14. The van der Waals surface area contributed by atoms with E-state index in [0.717, 1.165) is 38.3 Å². The van der Waals surface area contributed by atoms with Gasteiger partial charge in [0.05, 0.1) is 6.61 Å². The van der Waals surface area contributed by atoms with Crippen LogP contribution in [0.5, 0.6) is 5.75 Å². The summed E-state index contributed by atoms with van der Waals surface area (Å²) in [6.45, 7) is 7.09. The molecule has 0 unspecified atom stereocenters. The van der Waals surface area contributed by atoms with Crippen LogP contribution in [-0.4, -0.2) is 25.6 Å². The van der Waals surface area contributed by atoms with Gasteiger partial charge in [0.15, 0.2) is 0 Å². The Bertz CT molecular complexity index is 394. The molecule has 0 aliphatic heterocycles. The highest BCUT2D eigenvalue weighted by atomic mass is 16.5. The molecule has 4 nitrogen and oxygen atoms in total. The first-order valence-corrected chi connectivity index (χ1v) is 7.45. The number of carbonyl (C=O) groups is 1. The molecule has 0 heterocycles. The normalized spacial score (nSPS) is 10.3. The van der Waals surface area contributed by atoms with E-state index in [2.05, 4.69) is 23.6 Å². The summed E-state index contributed by atoms with van der Waals surface area (Å²) in [5.41, 5.74) is 1.17. The van der Waals surface area contributed by atoms with Gasteiger partial charge >= 0.3 is 0 Å². The molecule has 0 saturated heterocycles. The van der Waals surface area contributed by atoms with Gasteiger partial charge in [-0.15, -0.1) is 0 Å². The van der Waals surface area contributed by atoms with Crippen molar-refractivity contribution in [3.63, 3.8) is 0 Å². The fourth-order valence-corrected chi connectivity index (χ4v) is 1.75. The molecule has 0 bridgehead atoms. The molecule has 0 saturated carbocycles. The van der Waals surface area contributed by atoms with Crippen molar-refractivity contribution < 1.29 is 9.53 Å². The largest absolute Gasteiger partial charge is 0.494 e. The van der Waals surface area contributed by atoms with Crippen molar-refractivity contribution in [1.82, 2.24) is 10.6 Å². The summed E-state index contributed by atoms with van der Waals surface area (Å²) >= 11 is 0. The van der Waals surface area contributed by atoms with Crippen LogP contribution in [-0.2, 0) is 11.3 Å². The zero-order chi connectivity index (χ0) is 14.6. The first-order chi connectivity index (χ1) is 9.76. The molecule has 0 radical (unpaired) electrons. The minimum atomic E-state index is 0.111. The Kier molecular flexibility index (Phi) is 8.47. The van der Waals surface area contributed by atoms with Crippen molar-refractivity contribution in [1.29, 1.82) is 0 Å². The van der Waals surface area contributed by atoms with Crippen molar-refractivity contribution in [3.05, 3.63) is 29.8 Å². The molecule has 0 aromatic heterocycles. The molecule has 2 N–H and O–H groups in total. The Balaban J connectivity index is 2.22. The van der Waals surface area contributed by atoms with Gasteiger partial charge in [0.25, 0.3) is 0 Å². The highest BCUT2D eigenvalue weighted by molar-refractivity contribution is 5.75. The van der Waals surface area contributed by atoms with E-state index in [1.54, 1.807) is 0 Å². The lowest BCUT2D eigenvalue weighted by atomic mass is 10.2. The van der Waals surface area contributed by atoms with Gasteiger partial charge in [0.1, 0.15) is 5.75 Å². The van der Waals surface area contributed by atoms with Gasteiger partial charge in [0.2, 0.25) is 5.91 Å². The van der Waals surface area contributed by atoms with Crippen LogP contribution in [0.25, 0.3) is 0 Å². The molecule has 0 spiro atoms. The fourth-order valence-electron chi connectivity index (χ4n) is 1.75. The average molecular weight is 278 g/mol. The smallest absolute Gasteiger partial charge is 0.221 e. The number of amides is 1. The summed E-state index contributed by atoms with van der Waals surface area (Å²) in [7, 11) is 0. The van der Waals surface area contributed by atoms with E-state index in [1.807, 2.05) is 25.1 Å². The highest BCUT2D eigenvalue weighted by Gasteiger charge is 2.00. The van der Waals surface area contributed by atoms with Crippen molar-refractivity contribution in [2.24, 2.45) is 0 Å². The van der Waals surface area contributed by atoms with Crippen LogP contribution in [0.2, 0.25) is 0 Å². The number of benzene rings is 1. The van der Waals surface area contributed by atoms with Gasteiger partial charge in [-0.05, 0) is 30.5 Å².